The fraction of sp³-hybridized carbons (Fsp3) is 0.269. The zero-order chi connectivity index (χ0) is 25.5. The van der Waals surface area contributed by atoms with Crippen LogP contribution < -0.4 is 10.1 Å². The van der Waals surface area contributed by atoms with Gasteiger partial charge in [0, 0.05) is 50.4 Å². The number of amides is 1. The Hall–Kier alpha value is -4.02. The Bertz CT molecular complexity index is 1620. The fourth-order valence-electron chi connectivity index (χ4n) is 4.61. The Morgan fingerprint density at radius 1 is 1.19 bits per heavy atom. The first-order valence-electron chi connectivity index (χ1n) is 12.0. The molecule has 2 N–H and O–H groups in total. The van der Waals surface area contributed by atoms with Gasteiger partial charge in [-0.25, -0.2) is 9.97 Å². The molecule has 1 fully saturated rings. The molecular weight excluding hydrogens is 492 g/mol. The van der Waals surface area contributed by atoms with Crippen LogP contribution in [0.25, 0.3) is 33.3 Å². The number of nitrogens with zero attached hydrogens (tertiary/aromatic N) is 6. The summed E-state index contributed by atoms with van der Waals surface area (Å²) in [6.07, 6.45) is 5.48. The predicted molar refractivity (Wildman–Crippen MR) is 141 cm³/mol. The van der Waals surface area contributed by atoms with E-state index in [2.05, 4.69) is 30.3 Å². The Morgan fingerprint density at radius 3 is 2.86 bits per heavy atom. The number of aromatic nitrogens is 6. The molecule has 0 unspecified atom stereocenters. The molecule has 0 spiro atoms. The number of hydrogen-bond donors (Lipinski definition) is 2. The molecule has 1 saturated heterocycles. The molecule has 4 heterocycles. The van der Waals surface area contributed by atoms with Crippen molar-refractivity contribution in [2.24, 2.45) is 5.92 Å². The Morgan fingerprint density at radius 2 is 2.03 bits per heavy atom. The second kappa shape index (κ2) is 9.45. The number of carbonyl (C=O) groups excluding carboxylic acids is 1. The molecular formula is C26H25ClN8O2. The van der Waals surface area contributed by atoms with E-state index < -0.39 is 0 Å². The van der Waals surface area contributed by atoms with E-state index in [1.807, 2.05) is 42.1 Å². The normalized spacial score (nSPS) is 14.2. The number of likely N-dealkylation sites (N-methyl/N-ethyl adjacent to an activating group) is 1. The molecule has 0 saturated carbocycles. The summed E-state index contributed by atoms with van der Waals surface area (Å²) in [6, 6.07) is 9.30. The van der Waals surface area contributed by atoms with Gasteiger partial charge in [0.05, 0.1) is 41.2 Å². The number of nitrogens with one attached hydrogen (secondary N) is 2. The minimum atomic E-state index is 0.0379. The molecule has 5 aromatic rings. The van der Waals surface area contributed by atoms with Crippen LogP contribution in [0, 0.1) is 12.8 Å². The quantitative estimate of drug-likeness (QED) is 0.338. The zero-order valence-electron chi connectivity index (χ0n) is 20.4. The number of imidazole rings is 1. The van der Waals surface area contributed by atoms with Crippen LogP contribution in [0.5, 0.6) is 11.5 Å². The van der Waals surface area contributed by atoms with Gasteiger partial charge in [-0.2, -0.15) is 5.10 Å². The van der Waals surface area contributed by atoms with Crippen molar-refractivity contribution in [1.82, 2.24) is 39.9 Å². The van der Waals surface area contributed by atoms with E-state index in [4.69, 9.17) is 21.3 Å². The highest BCUT2D eigenvalue weighted by atomic mass is 35.5. The van der Waals surface area contributed by atoms with Gasteiger partial charge in [-0.1, -0.05) is 11.6 Å². The maximum absolute atomic E-state index is 11.5. The van der Waals surface area contributed by atoms with Crippen LogP contribution in [-0.4, -0.2) is 67.2 Å². The van der Waals surface area contributed by atoms with Crippen molar-refractivity contribution in [2.45, 2.75) is 13.5 Å². The molecule has 0 atom stereocenters. The molecule has 37 heavy (non-hydrogen) atoms. The summed E-state index contributed by atoms with van der Waals surface area (Å²) in [4.78, 5) is 30.6. The van der Waals surface area contributed by atoms with Crippen LogP contribution in [0.1, 0.15) is 5.82 Å². The number of benzene rings is 2. The van der Waals surface area contributed by atoms with Crippen molar-refractivity contribution in [3.63, 3.8) is 0 Å². The molecule has 1 aliphatic rings. The second-order valence-electron chi connectivity index (χ2n) is 9.29. The van der Waals surface area contributed by atoms with Gasteiger partial charge < -0.3 is 15.0 Å². The van der Waals surface area contributed by atoms with Crippen molar-refractivity contribution >= 4 is 39.6 Å². The molecule has 3 aromatic heterocycles. The molecule has 1 amide bonds. The largest absolute Gasteiger partial charge is 0.456 e. The lowest BCUT2D eigenvalue weighted by Crippen LogP contribution is -2.51. The standard InChI is InChI=1S/C26H25ClN8O2/c1-15-31-19-4-3-18(7-21(19)32-15)37-23-6-5-20-26(25(23)27)33-22(9-29-20)17-8-30-35(13-17)12-16-10-34(11-16)14-24(36)28-2/h3-9,13,16H,10-12,14H2,1-2H3,(H,28,36)(H,31,32). The molecule has 10 nitrogen and oxygen atoms in total. The van der Waals surface area contributed by atoms with Gasteiger partial charge in [0.25, 0.3) is 0 Å². The van der Waals surface area contributed by atoms with Crippen molar-refractivity contribution in [3.05, 3.63) is 59.8 Å². The van der Waals surface area contributed by atoms with Gasteiger partial charge >= 0.3 is 0 Å². The first kappa shape index (κ1) is 23.4. The third kappa shape index (κ3) is 4.73. The summed E-state index contributed by atoms with van der Waals surface area (Å²) in [5.41, 5.74) is 4.56. The summed E-state index contributed by atoms with van der Waals surface area (Å²) in [5.74, 6) is 2.48. The van der Waals surface area contributed by atoms with Crippen molar-refractivity contribution < 1.29 is 9.53 Å². The number of H-pyrrole nitrogens is 1. The SMILES string of the molecule is CNC(=O)CN1CC(Cn2cc(-c3cnc4ccc(Oc5ccc6nc(C)[nH]c6c5)c(Cl)c4n3)cn2)C1. The molecule has 11 heteroatoms. The maximum atomic E-state index is 11.5. The van der Waals surface area contributed by atoms with Crippen LogP contribution >= 0.6 is 11.6 Å². The second-order valence-corrected chi connectivity index (χ2v) is 9.67. The van der Waals surface area contributed by atoms with Gasteiger partial charge in [-0.3, -0.25) is 19.4 Å². The van der Waals surface area contributed by atoms with Crippen molar-refractivity contribution in [2.75, 3.05) is 26.7 Å². The lowest BCUT2D eigenvalue weighted by molar-refractivity contribution is -0.123. The molecule has 0 aliphatic carbocycles. The van der Waals surface area contributed by atoms with Gasteiger partial charge in [-0.15, -0.1) is 0 Å². The molecule has 0 radical (unpaired) electrons. The Labute approximate surface area is 217 Å². The van der Waals surface area contributed by atoms with Crippen LogP contribution in [0.4, 0.5) is 0 Å². The number of ether oxygens (including phenoxy) is 1. The van der Waals surface area contributed by atoms with E-state index in [1.54, 1.807) is 25.5 Å². The number of likely N-dealkylation sites (tertiary alicyclic amines) is 1. The first-order chi connectivity index (χ1) is 17.9. The first-order valence-corrected chi connectivity index (χ1v) is 12.4. The molecule has 6 rings (SSSR count). The van der Waals surface area contributed by atoms with E-state index in [9.17, 15) is 4.79 Å². The summed E-state index contributed by atoms with van der Waals surface area (Å²) in [6.45, 7) is 4.89. The topological polar surface area (TPSA) is 114 Å². The smallest absolute Gasteiger partial charge is 0.233 e. The lowest BCUT2D eigenvalue weighted by atomic mass is 10.0. The van der Waals surface area contributed by atoms with Gasteiger partial charge in [0.15, 0.2) is 0 Å². The highest BCUT2D eigenvalue weighted by molar-refractivity contribution is 6.36. The Balaban J connectivity index is 1.19. The summed E-state index contributed by atoms with van der Waals surface area (Å²) >= 11 is 6.73. The minimum Gasteiger partial charge on any atom is -0.456 e. The summed E-state index contributed by atoms with van der Waals surface area (Å²) in [5, 5.41) is 7.56. The molecule has 2 aromatic carbocycles. The molecule has 188 valence electrons. The summed E-state index contributed by atoms with van der Waals surface area (Å²) in [7, 11) is 1.66. The third-order valence-corrected chi connectivity index (χ3v) is 6.84. The number of fused-ring (bicyclic) bond motifs is 2. The minimum absolute atomic E-state index is 0.0379. The number of aryl methyl sites for hydroxylation is 1. The number of aromatic amines is 1. The monoisotopic (exact) mass is 516 g/mol. The van der Waals surface area contributed by atoms with Crippen LogP contribution in [0.2, 0.25) is 5.02 Å². The van der Waals surface area contributed by atoms with Gasteiger partial charge in [0.1, 0.15) is 27.9 Å². The highest BCUT2D eigenvalue weighted by Gasteiger charge is 2.28. The average Bonchev–Trinajstić information content (AvgIpc) is 3.49. The van der Waals surface area contributed by atoms with Crippen LogP contribution in [-0.2, 0) is 11.3 Å². The number of rotatable bonds is 7. The van der Waals surface area contributed by atoms with Crippen LogP contribution in [0.15, 0.2) is 48.9 Å². The number of carbonyl (C=O) groups is 1. The van der Waals surface area contributed by atoms with Gasteiger partial charge in [0.2, 0.25) is 5.91 Å². The van der Waals surface area contributed by atoms with E-state index in [1.165, 1.54) is 0 Å². The third-order valence-electron chi connectivity index (χ3n) is 6.47. The van der Waals surface area contributed by atoms with Gasteiger partial charge in [-0.05, 0) is 31.2 Å². The van der Waals surface area contributed by atoms with E-state index in [0.717, 1.165) is 42.1 Å². The molecule has 1 aliphatic heterocycles. The lowest BCUT2D eigenvalue weighted by Gasteiger charge is -2.38. The van der Waals surface area contributed by atoms with Crippen molar-refractivity contribution in [1.29, 1.82) is 0 Å². The van der Waals surface area contributed by atoms with E-state index in [-0.39, 0.29) is 5.91 Å². The maximum Gasteiger partial charge on any atom is 0.233 e. The average molecular weight is 517 g/mol. The summed E-state index contributed by atoms with van der Waals surface area (Å²) < 4.78 is 8.01. The van der Waals surface area contributed by atoms with Crippen molar-refractivity contribution in [3.8, 4) is 22.8 Å². The fourth-order valence-corrected chi connectivity index (χ4v) is 4.86. The predicted octanol–water partition coefficient (Wildman–Crippen LogP) is 3.80. The van der Waals surface area contributed by atoms with Crippen LogP contribution in [0.3, 0.4) is 0 Å². The zero-order valence-corrected chi connectivity index (χ0v) is 21.2. The number of hydrogen-bond acceptors (Lipinski definition) is 7. The van der Waals surface area contributed by atoms with E-state index in [0.29, 0.717) is 45.7 Å². The number of halogens is 1. The highest BCUT2D eigenvalue weighted by Crippen LogP contribution is 2.35. The molecule has 0 bridgehead atoms. The van der Waals surface area contributed by atoms with E-state index >= 15 is 0 Å². The Kier molecular flexibility index (Phi) is 5.97.